The summed E-state index contributed by atoms with van der Waals surface area (Å²) in [5, 5.41) is 0.946. The molecule has 140 valence electrons. The normalized spacial score (nSPS) is 22.1. The summed E-state index contributed by atoms with van der Waals surface area (Å²) < 4.78 is 17.0. The number of unbranched alkanes of at least 4 members (excludes halogenated alkanes) is 1. The molecule has 1 aliphatic heterocycles. The highest BCUT2D eigenvalue weighted by Crippen LogP contribution is 2.21. The molecule has 1 aliphatic rings. The largest absolute Gasteiger partial charge is 0.483 e. The zero-order chi connectivity index (χ0) is 17.9. The van der Waals surface area contributed by atoms with Crippen molar-refractivity contribution < 1.29 is 14.2 Å². The van der Waals surface area contributed by atoms with Gasteiger partial charge in [-0.15, -0.1) is 0 Å². The third-order valence-corrected chi connectivity index (χ3v) is 4.64. The Morgan fingerprint density at radius 3 is 2.33 bits per heavy atom. The fourth-order valence-corrected chi connectivity index (χ4v) is 3.23. The summed E-state index contributed by atoms with van der Waals surface area (Å²) in [6.45, 7) is 7.23. The van der Waals surface area contributed by atoms with E-state index in [1.165, 1.54) is 0 Å². The molecule has 0 saturated heterocycles. The first-order valence-electron chi connectivity index (χ1n) is 8.98. The number of nitrogens with zero attached hydrogens (tertiary/aromatic N) is 2. The third-order valence-electron chi connectivity index (χ3n) is 4.18. The van der Waals surface area contributed by atoms with Crippen molar-refractivity contribution in [2.24, 2.45) is 15.9 Å². The SMILES string of the molecule is CCCCOC(CCBr)CC[C@@H]1N=C(OC)[C@@H](C(C)C)N=C1OC. The first-order valence-corrected chi connectivity index (χ1v) is 10.1. The minimum Gasteiger partial charge on any atom is -0.483 e. The Kier molecular flexibility index (Phi) is 10.6. The third kappa shape index (κ3) is 6.71. The lowest BCUT2D eigenvalue weighted by Gasteiger charge is -2.27. The van der Waals surface area contributed by atoms with Crippen molar-refractivity contribution in [2.75, 3.05) is 26.2 Å². The number of hydrogen-bond donors (Lipinski definition) is 0. The van der Waals surface area contributed by atoms with Crippen molar-refractivity contribution in [2.45, 2.75) is 71.1 Å². The van der Waals surface area contributed by atoms with E-state index in [0.29, 0.717) is 17.7 Å². The van der Waals surface area contributed by atoms with E-state index in [1.807, 2.05) is 0 Å². The van der Waals surface area contributed by atoms with Gasteiger partial charge < -0.3 is 14.2 Å². The maximum atomic E-state index is 6.00. The van der Waals surface area contributed by atoms with Crippen LogP contribution in [0, 0.1) is 5.92 Å². The van der Waals surface area contributed by atoms with Crippen molar-refractivity contribution in [3.63, 3.8) is 0 Å². The molecule has 0 amide bonds. The molecule has 3 atom stereocenters. The summed E-state index contributed by atoms with van der Waals surface area (Å²) in [7, 11) is 3.34. The van der Waals surface area contributed by atoms with E-state index in [9.17, 15) is 0 Å². The Hall–Kier alpha value is -0.620. The molecule has 0 aromatic carbocycles. The van der Waals surface area contributed by atoms with Crippen LogP contribution in [-0.4, -0.2) is 56.1 Å². The van der Waals surface area contributed by atoms with Gasteiger partial charge in [-0.2, -0.15) is 0 Å². The van der Waals surface area contributed by atoms with Crippen molar-refractivity contribution in [3.8, 4) is 0 Å². The molecule has 1 heterocycles. The first kappa shape index (κ1) is 21.4. The van der Waals surface area contributed by atoms with Crippen molar-refractivity contribution in [1.82, 2.24) is 0 Å². The highest BCUT2D eigenvalue weighted by Gasteiger charge is 2.31. The Bertz CT molecular complexity index is 413. The van der Waals surface area contributed by atoms with Crippen LogP contribution >= 0.6 is 15.9 Å². The summed E-state index contributed by atoms with van der Waals surface area (Å²) in [6, 6.07) is -0.132. The minimum atomic E-state index is -0.0763. The molecule has 0 bridgehead atoms. The first-order chi connectivity index (χ1) is 11.6. The van der Waals surface area contributed by atoms with Crippen molar-refractivity contribution >= 4 is 27.7 Å². The van der Waals surface area contributed by atoms with Crippen LogP contribution in [0.2, 0.25) is 0 Å². The monoisotopic (exact) mass is 404 g/mol. The van der Waals surface area contributed by atoms with E-state index in [0.717, 1.165) is 44.0 Å². The van der Waals surface area contributed by atoms with Crippen molar-refractivity contribution in [1.29, 1.82) is 0 Å². The highest BCUT2D eigenvalue weighted by molar-refractivity contribution is 9.09. The van der Waals surface area contributed by atoms with Gasteiger partial charge in [-0.3, -0.25) is 0 Å². The fourth-order valence-electron chi connectivity index (χ4n) is 2.72. The molecule has 0 aromatic rings. The smallest absolute Gasteiger partial charge is 0.209 e. The molecule has 0 aromatic heterocycles. The van der Waals surface area contributed by atoms with Gasteiger partial charge in [-0.25, -0.2) is 9.98 Å². The van der Waals surface area contributed by atoms with Gasteiger partial charge in [0.2, 0.25) is 11.8 Å². The highest BCUT2D eigenvalue weighted by atomic mass is 79.9. The molecule has 0 N–H and O–H groups in total. The zero-order valence-corrected chi connectivity index (χ0v) is 17.3. The molecule has 1 rings (SSSR count). The molecule has 0 spiro atoms. The van der Waals surface area contributed by atoms with Crippen molar-refractivity contribution in [3.05, 3.63) is 0 Å². The van der Waals surface area contributed by atoms with Gasteiger partial charge in [0.1, 0.15) is 12.1 Å². The maximum Gasteiger partial charge on any atom is 0.209 e. The van der Waals surface area contributed by atoms with E-state index < -0.39 is 0 Å². The van der Waals surface area contributed by atoms with Gasteiger partial charge in [0.15, 0.2) is 0 Å². The summed E-state index contributed by atoms with van der Waals surface area (Å²) >= 11 is 3.52. The number of halogens is 1. The predicted molar refractivity (Wildman–Crippen MR) is 104 cm³/mol. The fraction of sp³-hybridized carbons (Fsp3) is 0.889. The summed E-state index contributed by atoms with van der Waals surface area (Å²) in [5.74, 6) is 1.74. The second kappa shape index (κ2) is 11.9. The van der Waals surface area contributed by atoms with Crippen LogP contribution in [-0.2, 0) is 14.2 Å². The number of rotatable bonds is 10. The predicted octanol–water partition coefficient (Wildman–Crippen LogP) is 4.23. The van der Waals surface area contributed by atoms with Crippen LogP contribution in [0.5, 0.6) is 0 Å². The van der Waals surface area contributed by atoms with Gasteiger partial charge in [-0.1, -0.05) is 43.1 Å². The molecule has 6 heteroatoms. The van der Waals surface area contributed by atoms with Crippen LogP contribution in [0.4, 0.5) is 0 Å². The van der Waals surface area contributed by atoms with Crippen LogP contribution in [0.1, 0.15) is 52.9 Å². The number of alkyl halides is 1. The van der Waals surface area contributed by atoms with Crippen LogP contribution in [0.15, 0.2) is 9.98 Å². The van der Waals surface area contributed by atoms with E-state index in [1.54, 1.807) is 14.2 Å². The Morgan fingerprint density at radius 1 is 1.08 bits per heavy atom. The number of hydrogen-bond acceptors (Lipinski definition) is 5. The van der Waals surface area contributed by atoms with Gasteiger partial charge in [0.05, 0.1) is 20.3 Å². The molecule has 0 saturated carbocycles. The Labute approximate surface area is 155 Å². The van der Waals surface area contributed by atoms with Crippen LogP contribution < -0.4 is 0 Å². The molecule has 5 nitrogen and oxygen atoms in total. The zero-order valence-electron chi connectivity index (χ0n) is 15.8. The standard InChI is InChI=1S/C18H33BrN2O3/c1-6-7-12-24-14(10-11-19)8-9-15-17(22-4)21-16(13(2)3)18(20-15)23-5/h13-16H,6-12H2,1-5H3/t14?,15-,16+/m0/s1. The van der Waals surface area contributed by atoms with Crippen LogP contribution in [0.3, 0.4) is 0 Å². The number of aliphatic imine (C=N–C) groups is 2. The lowest BCUT2D eigenvalue weighted by atomic mass is 10.0. The lowest BCUT2D eigenvalue weighted by Crippen LogP contribution is -2.37. The van der Waals surface area contributed by atoms with E-state index in [-0.39, 0.29) is 18.2 Å². The molecular formula is C18H33BrN2O3. The molecule has 24 heavy (non-hydrogen) atoms. The summed E-state index contributed by atoms with van der Waals surface area (Å²) in [4.78, 5) is 9.48. The Morgan fingerprint density at radius 2 is 1.79 bits per heavy atom. The molecule has 0 fully saturated rings. The second-order valence-corrected chi connectivity index (χ2v) is 7.24. The lowest BCUT2D eigenvalue weighted by molar-refractivity contribution is 0.0422. The average Bonchev–Trinajstić information content (AvgIpc) is 2.58. The Balaban J connectivity index is 2.69. The summed E-state index contributed by atoms with van der Waals surface area (Å²) in [5.41, 5.74) is 0. The average molecular weight is 405 g/mol. The maximum absolute atomic E-state index is 6.00. The molecule has 0 radical (unpaired) electrons. The molecule has 1 unspecified atom stereocenters. The van der Waals surface area contributed by atoms with E-state index >= 15 is 0 Å². The van der Waals surface area contributed by atoms with Crippen LogP contribution in [0.25, 0.3) is 0 Å². The van der Waals surface area contributed by atoms with E-state index in [2.05, 4.69) is 36.7 Å². The minimum absolute atomic E-state index is 0.0552. The number of ether oxygens (including phenoxy) is 3. The quantitative estimate of drug-likeness (QED) is 0.404. The topological polar surface area (TPSA) is 52.4 Å². The second-order valence-electron chi connectivity index (χ2n) is 6.45. The van der Waals surface area contributed by atoms with Gasteiger partial charge in [0, 0.05) is 11.9 Å². The van der Waals surface area contributed by atoms with Gasteiger partial charge in [0.25, 0.3) is 0 Å². The number of methoxy groups -OCH3 is 2. The van der Waals surface area contributed by atoms with Gasteiger partial charge >= 0.3 is 0 Å². The molecular weight excluding hydrogens is 372 g/mol. The summed E-state index contributed by atoms with van der Waals surface area (Å²) in [6.07, 6.45) is 5.31. The van der Waals surface area contributed by atoms with Gasteiger partial charge in [-0.05, 0) is 31.6 Å². The van der Waals surface area contributed by atoms with E-state index in [4.69, 9.17) is 24.2 Å². The molecule has 0 aliphatic carbocycles.